The van der Waals surface area contributed by atoms with Crippen molar-refractivity contribution in [3.05, 3.63) is 76.1 Å². The summed E-state index contributed by atoms with van der Waals surface area (Å²) < 4.78 is 14.9. The number of likely N-dealkylation sites (tertiary alicyclic amines) is 1. The van der Waals surface area contributed by atoms with Gasteiger partial charge in [-0.2, -0.15) is 0 Å². The van der Waals surface area contributed by atoms with Gasteiger partial charge in [-0.1, -0.05) is 42.8 Å². The van der Waals surface area contributed by atoms with Gasteiger partial charge in [0.1, 0.15) is 5.82 Å². The molecule has 1 fully saturated rings. The van der Waals surface area contributed by atoms with E-state index < -0.39 is 5.91 Å². The van der Waals surface area contributed by atoms with Crippen molar-refractivity contribution in [2.45, 2.75) is 57.4 Å². The number of allylic oxidation sites excluding steroid dienone is 1. The fourth-order valence-corrected chi connectivity index (χ4v) is 5.60. The number of halogens is 1. The molecule has 2 aromatic carbocycles. The summed E-state index contributed by atoms with van der Waals surface area (Å²) in [4.78, 5) is 32.7. The number of hydrogen-bond acceptors (Lipinski definition) is 5. The Morgan fingerprint density at radius 2 is 1.92 bits per heavy atom. The third kappa shape index (κ3) is 6.16. The van der Waals surface area contributed by atoms with Gasteiger partial charge in [-0.25, -0.2) is 4.39 Å². The van der Waals surface area contributed by atoms with Gasteiger partial charge in [0.15, 0.2) is 11.7 Å². The van der Waals surface area contributed by atoms with E-state index in [0.717, 1.165) is 38.8 Å². The molecule has 37 heavy (non-hydrogen) atoms. The van der Waals surface area contributed by atoms with Crippen molar-refractivity contribution in [3.8, 4) is 0 Å². The van der Waals surface area contributed by atoms with Crippen LogP contribution in [0.15, 0.2) is 47.5 Å². The summed E-state index contributed by atoms with van der Waals surface area (Å²) in [6.07, 6.45) is 11.5. The van der Waals surface area contributed by atoms with E-state index in [-0.39, 0.29) is 23.6 Å². The van der Waals surface area contributed by atoms with E-state index in [2.05, 4.69) is 44.8 Å². The van der Waals surface area contributed by atoms with Crippen LogP contribution in [-0.2, 0) is 24.1 Å². The maximum absolute atomic E-state index is 14.9. The molecule has 6 nitrogen and oxygen atoms in total. The van der Waals surface area contributed by atoms with Gasteiger partial charge in [-0.15, -0.1) is 0 Å². The number of guanidine groups is 1. The van der Waals surface area contributed by atoms with Gasteiger partial charge in [0, 0.05) is 17.7 Å². The molecule has 1 atom stereocenters. The predicted molar refractivity (Wildman–Crippen MR) is 144 cm³/mol. The largest absolute Gasteiger partial charge is 0.346 e. The van der Waals surface area contributed by atoms with Crippen molar-refractivity contribution >= 4 is 23.7 Å². The smallest absolute Gasteiger partial charge is 0.258 e. The zero-order chi connectivity index (χ0) is 25.6. The topological polar surface area (TPSA) is 73.8 Å². The molecule has 1 aliphatic carbocycles. The van der Waals surface area contributed by atoms with Crippen LogP contribution >= 0.6 is 0 Å². The number of carbonyl (C=O) groups is 2. The number of rotatable bonds is 7. The van der Waals surface area contributed by atoms with Crippen molar-refractivity contribution in [1.82, 2.24) is 15.5 Å². The minimum Gasteiger partial charge on any atom is -0.346 e. The molecule has 0 spiro atoms. The Kier molecular flexibility index (Phi) is 8.09. The fourth-order valence-electron chi connectivity index (χ4n) is 5.60. The first-order chi connectivity index (χ1) is 18.1. The highest BCUT2D eigenvalue weighted by Crippen LogP contribution is 2.25. The van der Waals surface area contributed by atoms with Crippen LogP contribution in [0.25, 0.3) is 6.08 Å². The lowest BCUT2D eigenvalue weighted by Gasteiger charge is -2.29. The zero-order valence-electron chi connectivity index (χ0n) is 21.3. The molecule has 0 radical (unpaired) electrons. The van der Waals surface area contributed by atoms with Crippen LogP contribution in [0.3, 0.4) is 0 Å². The van der Waals surface area contributed by atoms with Gasteiger partial charge in [0.2, 0.25) is 0 Å². The number of nitrogens with zero attached hydrogens (tertiary/aromatic N) is 2. The van der Waals surface area contributed by atoms with Gasteiger partial charge in [0.25, 0.3) is 5.91 Å². The molecule has 3 aliphatic rings. The minimum atomic E-state index is -0.414. The van der Waals surface area contributed by atoms with Crippen LogP contribution in [0.4, 0.5) is 4.39 Å². The standard InChI is InChI=1S/C30H35FN4O2/c31-26-13-7-12-25(24(26)15-14-22-10-6-9-21-8-2-3-11-23(21)22)29(37)34-30-32-17-16-27(33-30)28(36)20-35-18-4-1-5-19-35/h2,6-10,12-13,27H,1,3-5,11,14-20H2,(H2,32,33,34,37). The Labute approximate surface area is 218 Å². The highest BCUT2D eigenvalue weighted by atomic mass is 19.1. The number of piperidine rings is 1. The van der Waals surface area contributed by atoms with E-state index in [1.807, 2.05) is 6.07 Å². The van der Waals surface area contributed by atoms with Crippen LogP contribution in [0.2, 0.25) is 0 Å². The molecule has 2 heterocycles. The summed E-state index contributed by atoms with van der Waals surface area (Å²) >= 11 is 0. The second-order valence-corrected chi connectivity index (χ2v) is 10.2. The van der Waals surface area contributed by atoms with E-state index in [1.165, 1.54) is 29.2 Å². The van der Waals surface area contributed by atoms with E-state index >= 15 is 0 Å². The van der Waals surface area contributed by atoms with Gasteiger partial charge >= 0.3 is 0 Å². The minimum absolute atomic E-state index is 0.121. The predicted octanol–water partition coefficient (Wildman–Crippen LogP) is 4.07. The molecule has 2 N–H and O–H groups in total. The summed E-state index contributed by atoms with van der Waals surface area (Å²) in [5.74, 6) is -0.392. The molecule has 1 unspecified atom stereocenters. The maximum atomic E-state index is 14.9. The number of amides is 1. The summed E-state index contributed by atoms with van der Waals surface area (Å²) in [5, 5.41) is 5.91. The molecule has 0 bridgehead atoms. The Bertz CT molecular complexity index is 1220. The Morgan fingerprint density at radius 3 is 2.78 bits per heavy atom. The Hall–Kier alpha value is -3.32. The molecule has 0 saturated carbocycles. The fraction of sp³-hybridized carbons (Fsp3) is 0.433. The van der Waals surface area contributed by atoms with Crippen LogP contribution < -0.4 is 10.6 Å². The molecular formula is C30H35FN4O2. The lowest BCUT2D eigenvalue weighted by molar-refractivity contribution is -0.122. The van der Waals surface area contributed by atoms with Crippen molar-refractivity contribution in [3.63, 3.8) is 0 Å². The molecule has 2 aromatic rings. The molecule has 7 heteroatoms. The van der Waals surface area contributed by atoms with Crippen molar-refractivity contribution < 1.29 is 14.0 Å². The molecule has 194 valence electrons. The second-order valence-electron chi connectivity index (χ2n) is 10.2. The summed E-state index contributed by atoms with van der Waals surface area (Å²) in [5.41, 5.74) is 4.44. The number of fused-ring (bicyclic) bond motifs is 1. The summed E-state index contributed by atoms with van der Waals surface area (Å²) in [6, 6.07) is 10.5. The molecule has 1 amide bonds. The number of aliphatic imine (C=N–C) groups is 1. The van der Waals surface area contributed by atoms with Crippen LogP contribution in [0.1, 0.15) is 64.7 Å². The van der Waals surface area contributed by atoms with E-state index in [1.54, 1.807) is 12.1 Å². The van der Waals surface area contributed by atoms with Crippen LogP contribution in [-0.4, -0.2) is 54.8 Å². The SMILES string of the molecule is O=C(NC1=NCCC(C(=O)CN2CCCCC2)N1)c1cccc(F)c1CCc1cccc2c1CCC=C2. The monoisotopic (exact) mass is 502 g/mol. The average Bonchev–Trinajstić information content (AvgIpc) is 2.93. The third-order valence-electron chi connectivity index (χ3n) is 7.62. The van der Waals surface area contributed by atoms with Gasteiger partial charge in [-0.3, -0.25) is 24.8 Å². The Balaban J connectivity index is 1.24. The van der Waals surface area contributed by atoms with Gasteiger partial charge in [-0.05, 0) is 86.9 Å². The van der Waals surface area contributed by atoms with Crippen molar-refractivity contribution in [2.24, 2.45) is 4.99 Å². The molecule has 0 aromatic heterocycles. The Morgan fingerprint density at radius 1 is 1.08 bits per heavy atom. The number of hydrogen-bond donors (Lipinski definition) is 2. The highest BCUT2D eigenvalue weighted by Gasteiger charge is 2.26. The number of aryl methyl sites for hydroxylation is 1. The first-order valence-electron chi connectivity index (χ1n) is 13.5. The first kappa shape index (κ1) is 25.3. The third-order valence-corrected chi connectivity index (χ3v) is 7.62. The molecule has 5 rings (SSSR count). The number of Topliss-reactive ketones (excluding diaryl/α,β-unsaturated/α-hetero) is 1. The van der Waals surface area contributed by atoms with Crippen molar-refractivity contribution in [1.29, 1.82) is 0 Å². The van der Waals surface area contributed by atoms with Crippen LogP contribution in [0.5, 0.6) is 0 Å². The second kappa shape index (κ2) is 11.8. The number of ketones is 1. The van der Waals surface area contributed by atoms with E-state index in [0.29, 0.717) is 43.5 Å². The van der Waals surface area contributed by atoms with E-state index in [9.17, 15) is 14.0 Å². The molecule has 2 aliphatic heterocycles. The van der Waals surface area contributed by atoms with Crippen molar-refractivity contribution in [2.75, 3.05) is 26.2 Å². The van der Waals surface area contributed by atoms with Gasteiger partial charge in [0.05, 0.1) is 12.6 Å². The first-order valence-corrected chi connectivity index (χ1v) is 13.5. The highest BCUT2D eigenvalue weighted by molar-refractivity contribution is 6.07. The average molecular weight is 503 g/mol. The summed E-state index contributed by atoms with van der Waals surface area (Å²) in [6.45, 7) is 2.80. The quantitative estimate of drug-likeness (QED) is 0.599. The number of nitrogens with one attached hydrogen (secondary N) is 2. The zero-order valence-corrected chi connectivity index (χ0v) is 21.3. The maximum Gasteiger partial charge on any atom is 0.258 e. The van der Waals surface area contributed by atoms with E-state index in [4.69, 9.17) is 0 Å². The number of carbonyl (C=O) groups excluding carboxylic acids is 2. The van der Waals surface area contributed by atoms with Crippen LogP contribution in [0, 0.1) is 5.82 Å². The lowest BCUT2D eigenvalue weighted by atomic mass is 9.89. The summed E-state index contributed by atoms with van der Waals surface area (Å²) in [7, 11) is 0. The molecular weight excluding hydrogens is 467 g/mol. The lowest BCUT2D eigenvalue weighted by Crippen LogP contribution is -2.53. The normalized spacial score (nSPS) is 19.5. The molecule has 1 saturated heterocycles. The van der Waals surface area contributed by atoms with Gasteiger partial charge < -0.3 is 5.32 Å². The number of benzene rings is 2.